The van der Waals surface area contributed by atoms with Crippen molar-refractivity contribution in [1.82, 2.24) is 24.7 Å². The van der Waals surface area contributed by atoms with Crippen molar-refractivity contribution in [3.05, 3.63) is 83.9 Å². The van der Waals surface area contributed by atoms with Crippen LogP contribution >= 0.6 is 0 Å². The first-order chi connectivity index (χ1) is 15.9. The van der Waals surface area contributed by atoms with Crippen molar-refractivity contribution in [2.45, 2.75) is 26.8 Å². The summed E-state index contributed by atoms with van der Waals surface area (Å²) in [5.74, 6) is -0.289. The number of hydrogen-bond donors (Lipinski definition) is 1. The molecule has 1 N–H and O–H groups in total. The number of aryl methyl sites for hydroxylation is 2. The zero-order valence-corrected chi connectivity index (χ0v) is 18.4. The average molecular weight is 439 g/mol. The van der Waals surface area contributed by atoms with Gasteiger partial charge < -0.3 is 14.2 Å². The quantitative estimate of drug-likeness (QED) is 0.407. The van der Waals surface area contributed by atoms with Gasteiger partial charge in [-0.2, -0.15) is 0 Å². The molecule has 5 aromatic heterocycles. The van der Waals surface area contributed by atoms with E-state index in [1.807, 2.05) is 44.4 Å². The van der Waals surface area contributed by atoms with E-state index >= 15 is 0 Å². The lowest BCUT2D eigenvalue weighted by molar-refractivity contribution is 0.0696. The molecule has 0 fully saturated rings. The van der Waals surface area contributed by atoms with E-state index in [4.69, 9.17) is 9.51 Å². The molecule has 0 radical (unpaired) electrons. The number of carboxylic acids is 1. The summed E-state index contributed by atoms with van der Waals surface area (Å²) in [6, 6.07) is 11.1. The van der Waals surface area contributed by atoms with Crippen LogP contribution in [-0.2, 0) is 0 Å². The summed E-state index contributed by atoms with van der Waals surface area (Å²) in [4.78, 5) is 25.0. The van der Waals surface area contributed by atoms with Gasteiger partial charge in [0.05, 0.1) is 28.7 Å². The van der Waals surface area contributed by atoms with E-state index in [0.29, 0.717) is 5.69 Å². The van der Waals surface area contributed by atoms with Crippen molar-refractivity contribution >= 4 is 17.0 Å². The topological polar surface area (TPSA) is 107 Å². The minimum Gasteiger partial charge on any atom is -0.478 e. The Hall–Kier alpha value is -4.33. The number of pyridine rings is 3. The third-order valence-corrected chi connectivity index (χ3v) is 5.81. The van der Waals surface area contributed by atoms with Crippen LogP contribution in [0.25, 0.3) is 33.4 Å². The van der Waals surface area contributed by atoms with Crippen LogP contribution in [0.5, 0.6) is 0 Å². The summed E-state index contributed by atoms with van der Waals surface area (Å²) in [5, 5.41) is 14.2. The van der Waals surface area contributed by atoms with Gasteiger partial charge in [0.15, 0.2) is 0 Å². The molecule has 8 heteroatoms. The second kappa shape index (κ2) is 7.98. The maximum atomic E-state index is 11.3. The van der Waals surface area contributed by atoms with Gasteiger partial charge in [0.2, 0.25) is 0 Å². The molecule has 0 aliphatic heterocycles. The van der Waals surface area contributed by atoms with Gasteiger partial charge in [0.25, 0.3) is 0 Å². The fourth-order valence-corrected chi connectivity index (χ4v) is 4.11. The first-order valence-electron chi connectivity index (χ1n) is 10.5. The van der Waals surface area contributed by atoms with Gasteiger partial charge in [-0.05, 0) is 51.1 Å². The highest BCUT2D eigenvalue weighted by molar-refractivity contribution is 5.96. The Kier molecular flexibility index (Phi) is 4.97. The minimum atomic E-state index is -1.01. The average Bonchev–Trinajstić information content (AvgIpc) is 3.38. The molecule has 1 unspecified atom stereocenters. The highest BCUT2D eigenvalue weighted by Gasteiger charge is 2.20. The summed E-state index contributed by atoms with van der Waals surface area (Å²) in [7, 11) is 0. The van der Waals surface area contributed by atoms with E-state index in [1.165, 1.54) is 6.20 Å². The van der Waals surface area contributed by atoms with Gasteiger partial charge in [-0.25, -0.2) is 9.78 Å². The van der Waals surface area contributed by atoms with E-state index in [9.17, 15) is 9.90 Å². The van der Waals surface area contributed by atoms with Gasteiger partial charge in [-0.1, -0.05) is 11.2 Å². The van der Waals surface area contributed by atoms with Crippen molar-refractivity contribution in [2.24, 2.45) is 0 Å². The Morgan fingerprint density at radius 2 is 1.94 bits per heavy atom. The molecule has 0 spiro atoms. The first-order valence-corrected chi connectivity index (χ1v) is 10.5. The second-order valence-electron chi connectivity index (χ2n) is 7.91. The number of hydrogen-bond acceptors (Lipinski definition) is 6. The molecule has 5 aromatic rings. The predicted octanol–water partition coefficient (Wildman–Crippen LogP) is 5.07. The van der Waals surface area contributed by atoms with Crippen LogP contribution in [0.4, 0.5) is 0 Å². The monoisotopic (exact) mass is 439 g/mol. The molecule has 1 atom stereocenters. The molecule has 33 heavy (non-hydrogen) atoms. The number of fused-ring (bicyclic) bond motifs is 1. The SMILES string of the molecule is Cc1noc(C)c1-c1cnc2c(c1)c(-c1ccc(C(=O)O)cn1)cn2C(C)c1ccccn1. The maximum absolute atomic E-state index is 11.3. The van der Waals surface area contributed by atoms with Crippen LogP contribution in [0, 0.1) is 13.8 Å². The Morgan fingerprint density at radius 3 is 2.58 bits per heavy atom. The van der Waals surface area contributed by atoms with Gasteiger partial charge in [0.1, 0.15) is 11.4 Å². The predicted molar refractivity (Wildman–Crippen MR) is 123 cm³/mol. The molecular weight excluding hydrogens is 418 g/mol. The molecule has 5 heterocycles. The maximum Gasteiger partial charge on any atom is 0.337 e. The van der Waals surface area contributed by atoms with E-state index in [0.717, 1.165) is 44.9 Å². The van der Waals surface area contributed by atoms with Crippen molar-refractivity contribution in [3.8, 4) is 22.4 Å². The zero-order chi connectivity index (χ0) is 23.1. The van der Waals surface area contributed by atoms with Crippen LogP contribution in [0.1, 0.15) is 40.5 Å². The number of aromatic nitrogens is 5. The Bertz CT molecular complexity index is 1450. The van der Waals surface area contributed by atoms with Crippen LogP contribution in [0.15, 0.2) is 65.7 Å². The molecule has 0 aliphatic rings. The third-order valence-electron chi connectivity index (χ3n) is 5.81. The molecule has 0 saturated carbocycles. The lowest BCUT2D eigenvalue weighted by Gasteiger charge is -2.14. The van der Waals surface area contributed by atoms with Crippen LogP contribution < -0.4 is 0 Å². The van der Waals surface area contributed by atoms with E-state index < -0.39 is 5.97 Å². The number of rotatable bonds is 5. The largest absolute Gasteiger partial charge is 0.478 e. The standard InChI is InChI=1S/C25H21N5O3/c1-14-23(16(3)33-29-14)18-10-19-20(22-8-7-17(11-27-22)25(31)32)13-30(24(19)28-12-18)15(2)21-6-4-5-9-26-21/h4-13,15H,1-3H3,(H,31,32). The lowest BCUT2D eigenvalue weighted by Crippen LogP contribution is -2.07. The number of carboxylic acid groups (broad SMARTS) is 1. The summed E-state index contributed by atoms with van der Waals surface area (Å²) < 4.78 is 7.42. The second-order valence-corrected chi connectivity index (χ2v) is 7.91. The van der Waals surface area contributed by atoms with Gasteiger partial charge >= 0.3 is 5.97 Å². The Balaban J connectivity index is 1.73. The zero-order valence-electron chi connectivity index (χ0n) is 18.4. The van der Waals surface area contributed by atoms with Crippen LogP contribution in [-0.4, -0.2) is 35.8 Å². The van der Waals surface area contributed by atoms with Gasteiger partial charge in [0, 0.05) is 46.9 Å². The highest BCUT2D eigenvalue weighted by atomic mass is 16.5. The molecule has 8 nitrogen and oxygen atoms in total. The minimum absolute atomic E-state index is 0.0712. The summed E-state index contributed by atoms with van der Waals surface area (Å²) in [6.07, 6.45) is 6.96. The smallest absolute Gasteiger partial charge is 0.337 e. The van der Waals surface area contributed by atoms with E-state index in [-0.39, 0.29) is 11.6 Å². The van der Waals surface area contributed by atoms with Crippen molar-refractivity contribution in [3.63, 3.8) is 0 Å². The molecular formula is C25H21N5O3. The molecule has 0 aromatic carbocycles. The molecule has 5 rings (SSSR count). The Morgan fingerprint density at radius 1 is 1.09 bits per heavy atom. The number of nitrogens with zero attached hydrogens (tertiary/aromatic N) is 5. The van der Waals surface area contributed by atoms with E-state index in [1.54, 1.807) is 18.3 Å². The summed E-state index contributed by atoms with van der Waals surface area (Å²) >= 11 is 0. The van der Waals surface area contributed by atoms with Crippen LogP contribution in [0.3, 0.4) is 0 Å². The van der Waals surface area contributed by atoms with Gasteiger partial charge in [-0.3, -0.25) is 9.97 Å². The number of aromatic carboxylic acids is 1. The first kappa shape index (κ1) is 20.6. The fourth-order valence-electron chi connectivity index (χ4n) is 4.11. The van der Waals surface area contributed by atoms with Crippen molar-refractivity contribution < 1.29 is 14.4 Å². The number of carbonyl (C=O) groups is 1. The molecule has 164 valence electrons. The molecule has 0 saturated heterocycles. The van der Waals surface area contributed by atoms with Crippen LogP contribution in [0.2, 0.25) is 0 Å². The van der Waals surface area contributed by atoms with Crippen molar-refractivity contribution in [2.75, 3.05) is 0 Å². The summed E-state index contributed by atoms with van der Waals surface area (Å²) in [6.45, 7) is 5.84. The molecule has 0 aliphatic carbocycles. The van der Waals surface area contributed by atoms with Gasteiger partial charge in [-0.15, -0.1) is 0 Å². The summed E-state index contributed by atoms with van der Waals surface area (Å²) in [5.41, 5.74) is 5.94. The Labute approximate surface area is 189 Å². The third kappa shape index (κ3) is 3.55. The molecule has 0 bridgehead atoms. The van der Waals surface area contributed by atoms with E-state index in [2.05, 4.69) is 32.7 Å². The normalized spacial score (nSPS) is 12.2. The molecule has 0 amide bonds. The lowest BCUT2D eigenvalue weighted by atomic mass is 10.0. The fraction of sp³-hybridized carbons (Fsp3) is 0.160. The highest BCUT2D eigenvalue weighted by Crippen LogP contribution is 2.36. The van der Waals surface area contributed by atoms with Crippen molar-refractivity contribution in [1.29, 1.82) is 0 Å².